The average Bonchev–Trinajstić information content (AvgIpc) is 3.16. The SMILES string of the molecule is O=C(CCc1cccc(F)c1)Nc1ccn([C@@H]2CCNC2)n1. The molecule has 3 rings (SSSR count). The van der Waals surface area contributed by atoms with Crippen LogP contribution in [0.25, 0.3) is 0 Å². The predicted molar refractivity (Wildman–Crippen MR) is 82.1 cm³/mol. The third-order valence-electron chi connectivity index (χ3n) is 3.81. The molecule has 1 aliphatic heterocycles. The van der Waals surface area contributed by atoms with Gasteiger partial charge in [0.25, 0.3) is 0 Å². The molecule has 0 spiro atoms. The fraction of sp³-hybridized carbons (Fsp3) is 0.375. The molecule has 1 aromatic heterocycles. The van der Waals surface area contributed by atoms with Crippen LogP contribution in [0.3, 0.4) is 0 Å². The third kappa shape index (κ3) is 3.71. The van der Waals surface area contributed by atoms with Crippen molar-refractivity contribution in [3.63, 3.8) is 0 Å². The fourth-order valence-corrected chi connectivity index (χ4v) is 2.63. The second-order valence-corrected chi connectivity index (χ2v) is 5.51. The van der Waals surface area contributed by atoms with E-state index in [1.54, 1.807) is 12.1 Å². The summed E-state index contributed by atoms with van der Waals surface area (Å²) in [6.07, 6.45) is 3.76. The molecule has 0 aliphatic carbocycles. The Bertz CT molecular complexity index is 649. The van der Waals surface area contributed by atoms with E-state index in [0.29, 0.717) is 24.7 Å². The molecule has 0 bridgehead atoms. The first kappa shape index (κ1) is 14.7. The van der Waals surface area contributed by atoms with Crippen molar-refractivity contribution >= 4 is 11.7 Å². The topological polar surface area (TPSA) is 59.0 Å². The summed E-state index contributed by atoms with van der Waals surface area (Å²) >= 11 is 0. The molecule has 116 valence electrons. The lowest BCUT2D eigenvalue weighted by molar-refractivity contribution is -0.116. The van der Waals surface area contributed by atoms with Crippen molar-refractivity contribution in [2.45, 2.75) is 25.3 Å². The lowest BCUT2D eigenvalue weighted by Gasteiger charge is -2.08. The van der Waals surface area contributed by atoms with Gasteiger partial charge in [0.15, 0.2) is 5.82 Å². The molecule has 1 saturated heterocycles. The molecule has 1 amide bonds. The first-order valence-electron chi connectivity index (χ1n) is 7.51. The van der Waals surface area contributed by atoms with E-state index in [1.165, 1.54) is 12.1 Å². The maximum absolute atomic E-state index is 13.1. The van der Waals surface area contributed by atoms with Crippen LogP contribution in [0.1, 0.15) is 24.4 Å². The number of halogens is 1. The minimum atomic E-state index is -0.276. The predicted octanol–water partition coefficient (Wildman–Crippen LogP) is 2.13. The Kier molecular flexibility index (Phi) is 4.48. The number of nitrogens with zero attached hydrogens (tertiary/aromatic N) is 2. The van der Waals surface area contributed by atoms with Gasteiger partial charge < -0.3 is 10.6 Å². The van der Waals surface area contributed by atoms with E-state index in [2.05, 4.69) is 15.7 Å². The summed E-state index contributed by atoms with van der Waals surface area (Å²) in [4.78, 5) is 11.9. The Balaban J connectivity index is 1.51. The summed E-state index contributed by atoms with van der Waals surface area (Å²) in [5.41, 5.74) is 0.817. The second kappa shape index (κ2) is 6.70. The first-order valence-corrected chi connectivity index (χ1v) is 7.51. The molecule has 5 nitrogen and oxygen atoms in total. The molecule has 1 aliphatic rings. The van der Waals surface area contributed by atoms with E-state index in [9.17, 15) is 9.18 Å². The maximum Gasteiger partial charge on any atom is 0.225 e. The molecule has 1 atom stereocenters. The van der Waals surface area contributed by atoms with Gasteiger partial charge in [0, 0.05) is 25.2 Å². The second-order valence-electron chi connectivity index (χ2n) is 5.51. The highest BCUT2D eigenvalue weighted by molar-refractivity contribution is 5.89. The molecule has 2 aromatic rings. The van der Waals surface area contributed by atoms with Gasteiger partial charge in [-0.15, -0.1) is 0 Å². The number of aromatic nitrogens is 2. The van der Waals surface area contributed by atoms with Crippen LogP contribution in [0.2, 0.25) is 0 Å². The lowest BCUT2D eigenvalue weighted by atomic mass is 10.1. The number of benzene rings is 1. The number of anilines is 1. The molecule has 22 heavy (non-hydrogen) atoms. The van der Waals surface area contributed by atoms with Crippen molar-refractivity contribution in [2.75, 3.05) is 18.4 Å². The van der Waals surface area contributed by atoms with Gasteiger partial charge in [0.1, 0.15) is 5.82 Å². The van der Waals surface area contributed by atoms with Gasteiger partial charge in [-0.3, -0.25) is 9.48 Å². The van der Waals surface area contributed by atoms with Crippen LogP contribution in [0.15, 0.2) is 36.5 Å². The summed E-state index contributed by atoms with van der Waals surface area (Å²) in [5.74, 6) is 0.178. The summed E-state index contributed by atoms with van der Waals surface area (Å²) in [7, 11) is 0. The highest BCUT2D eigenvalue weighted by atomic mass is 19.1. The minimum absolute atomic E-state index is 0.112. The molecule has 6 heteroatoms. The van der Waals surface area contributed by atoms with Crippen LogP contribution in [0, 0.1) is 5.82 Å². The standard InChI is InChI=1S/C16H19FN4O/c17-13-3-1-2-12(10-13)4-5-16(22)19-15-7-9-21(20-15)14-6-8-18-11-14/h1-3,7,9-10,14,18H,4-6,8,11H2,(H,19,20,22)/t14-/m1/s1. The number of hydrogen-bond acceptors (Lipinski definition) is 3. The van der Waals surface area contributed by atoms with Crippen molar-refractivity contribution in [1.82, 2.24) is 15.1 Å². The van der Waals surface area contributed by atoms with Gasteiger partial charge >= 0.3 is 0 Å². The van der Waals surface area contributed by atoms with Crippen LogP contribution in [-0.4, -0.2) is 28.8 Å². The normalized spacial score (nSPS) is 17.6. The van der Waals surface area contributed by atoms with Crippen molar-refractivity contribution in [3.05, 3.63) is 47.9 Å². The minimum Gasteiger partial charge on any atom is -0.315 e. The summed E-state index contributed by atoms with van der Waals surface area (Å²) in [5, 5.41) is 10.5. The number of carbonyl (C=O) groups excluding carboxylic acids is 1. The molecule has 1 aromatic carbocycles. The zero-order chi connectivity index (χ0) is 15.4. The van der Waals surface area contributed by atoms with Gasteiger partial charge in [-0.2, -0.15) is 5.10 Å². The largest absolute Gasteiger partial charge is 0.315 e. The molecule has 2 N–H and O–H groups in total. The zero-order valence-corrected chi connectivity index (χ0v) is 12.3. The van der Waals surface area contributed by atoms with E-state index in [-0.39, 0.29) is 11.7 Å². The molecule has 0 saturated carbocycles. The molecular formula is C16H19FN4O. The Labute approximate surface area is 128 Å². The smallest absolute Gasteiger partial charge is 0.225 e. The van der Waals surface area contributed by atoms with Gasteiger partial charge in [-0.05, 0) is 37.1 Å². The monoisotopic (exact) mass is 302 g/mol. The summed E-state index contributed by atoms with van der Waals surface area (Å²) < 4.78 is 15.0. The van der Waals surface area contributed by atoms with Crippen molar-refractivity contribution in [1.29, 1.82) is 0 Å². The van der Waals surface area contributed by atoms with Crippen molar-refractivity contribution in [2.24, 2.45) is 0 Å². The van der Waals surface area contributed by atoms with E-state index < -0.39 is 0 Å². The van der Waals surface area contributed by atoms with E-state index in [1.807, 2.05) is 16.9 Å². The van der Waals surface area contributed by atoms with E-state index in [0.717, 1.165) is 25.1 Å². The quantitative estimate of drug-likeness (QED) is 0.889. The third-order valence-corrected chi connectivity index (χ3v) is 3.81. The van der Waals surface area contributed by atoms with E-state index >= 15 is 0 Å². The number of nitrogens with one attached hydrogen (secondary N) is 2. The first-order chi connectivity index (χ1) is 10.7. The fourth-order valence-electron chi connectivity index (χ4n) is 2.63. The molecule has 0 unspecified atom stereocenters. The number of carbonyl (C=O) groups is 1. The van der Waals surface area contributed by atoms with Gasteiger partial charge in [0.2, 0.25) is 5.91 Å². The van der Waals surface area contributed by atoms with Crippen LogP contribution in [0.5, 0.6) is 0 Å². The maximum atomic E-state index is 13.1. The Morgan fingerprint density at radius 2 is 2.36 bits per heavy atom. The molecule has 0 radical (unpaired) electrons. The number of rotatable bonds is 5. The van der Waals surface area contributed by atoms with Crippen LogP contribution < -0.4 is 10.6 Å². The Morgan fingerprint density at radius 3 is 3.14 bits per heavy atom. The van der Waals surface area contributed by atoms with Gasteiger partial charge in [0.05, 0.1) is 6.04 Å². The van der Waals surface area contributed by atoms with E-state index in [4.69, 9.17) is 0 Å². The number of hydrogen-bond donors (Lipinski definition) is 2. The van der Waals surface area contributed by atoms with Crippen LogP contribution >= 0.6 is 0 Å². The highest BCUT2D eigenvalue weighted by Crippen LogP contribution is 2.16. The summed E-state index contributed by atoms with van der Waals surface area (Å²) in [6, 6.07) is 8.48. The van der Waals surface area contributed by atoms with Gasteiger partial charge in [-0.1, -0.05) is 12.1 Å². The van der Waals surface area contributed by atoms with Gasteiger partial charge in [-0.25, -0.2) is 4.39 Å². The van der Waals surface area contributed by atoms with Crippen molar-refractivity contribution in [3.8, 4) is 0 Å². The van der Waals surface area contributed by atoms with Crippen LogP contribution in [-0.2, 0) is 11.2 Å². The number of amides is 1. The Hall–Kier alpha value is -2.21. The lowest BCUT2D eigenvalue weighted by Crippen LogP contribution is -2.16. The van der Waals surface area contributed by atoms with Crippen molar-refractivity contribution < 1.29 is 9.18 Å². The average molecular weight is 302 g/mol. The Morgan fingerprint density at radius 1 is 1.45 bits per heavy atom. The van der Waals surface area contributed by atoms with Crippen LogP contribution in [0.4, 0.5) is 10.2 Å². The highest BCUT2D eigenvalue weighted by Gasteiger charge is 2.17. The molecule has 2 heterocycles. The number of aryl methyl sites for hydroxylation is 1. The summed E-state index contributed by atoms with van der Waals surface area (Å²) in [6.45, 7) is 1.91. The molecular weight excluding hydrogens is 283 g/mol. The molecule has 1 fully saturated rings. The zero-order valence-electron chi connectivity index (χ0n) is 12.3.